The first kappa shape index (κ1) is 12.2. The number of hydrogen-bond donors (Lipinski definition) is 2. The van der Waals surface area contributed by atoms with Crippen molar-refractivity contribution in [2.45, 2.75) is 0 Å². The Morgan fingerprint density at radius 1 is 1.62 bits per heavy atom. The van der Waals surface area contributed by atoms with Crippen molar-refractivity contribution in [2.75, 3.05) is 27.2 Å². The number of oxime groups is 1. The van der Waals surface area contributed by atoms with Gasteiger partial charge in [0, 0.05) is 12.7 Å². The smallest absolute Gasteiger partial charge is 0.317 e. The third-order valence-corrected chi connectivity index (χ3v) is 1.77. The minimum Gasteiger partial charge on any atom is -0.462 e. The molecule has 1 aromatic rings. The topological polar surface area (TPSA) is 96.9 Å². The predicted molar refractivity (Wildman–Crippen MR) is 58.6 cm³/mol. The molecule has 0 spiro atoms. The van der Waals surface area contributed by atoms with Crippen molar-refractivity contribution in [3.63, 3.8) is 0 Å². The highest BCUT2D eigenvalue weighted by atomic mass is 16.5. The van der Waals surface area contributed by atoms with Gasteiger partial charge in [0.25, 0.3) is 0 Å². The lowest BCUT2D eigenvalue weighted by atomic mass is 10.4. The number of amidine groups is 1. The number of nitrogens with two attached hydrogens (primary N) is 1. The number of hydrogen-bond acceptors (Lipinski definition) is 6. The van der Waals surface area contributed by atoms with Crippen molar-refractivity contribution in [3.05, 3.63) is 18.0 Å². The van der Waals surface area contributed by atoms with E-state index in [9.17, 15) is 0 Å². The zero-order valence-corrected chi connectivity index (χ0v) is 9.29. The third-order valence-electron chi connectivity index (χ3n) is 1.77. The Kier molecular flexibility index (Phi) is 4.46. The molecule has 0 bridgehead atoms. The summed E-state index contributed by atoms with van der Waals surface area (Å²) in [6.45, 7) is 1.24. The molecule has 1 aromatic heterocycles. The number of ether oxygens (including phenoxy) is 1. The average molecular weight is 225 g/mol. The van der Waals surface area contributed by atoms with Gasteiger partial charge in [-0.2, -0.15) is 4.98 Å². The van der Waals surface area contributed by atoms with Crippen LogP contribution in [0.5, 0.6) is 6.01 Å². The quantitative estimate of drug-likeness (QED) is 0.304. The summed E-state index contributed by atoms with van der Waals surface area (Å²) in [5.41, 5.74) is 5.72. The SMILES string of the molecule is CN(C)CCOc1nccc(/C(N)=N/O)n1. The Balaban J connectivity index is 2.61. The van der Waals surface area contributed by atoms with Gasteiger partial charge in [0.15, 0.2) is 5.84 Å². The lowest BCUT2D eigenvalue weighted by Gasteiger charge is -2.09. The van der Waals surface area contributed by atoms with E-state index in [4.69, 9.17) is 15.7 Å². The zero-order chi connectivity index (χ0) is 12.0. The predicted octanol–water partition coefficient (Wildman–Crippen LogP) is -0.489. The molecule has 0 radical (unpaired) electrons. The first-order chi connectivity index (χ1) is 7.63. The van der Waals surface area contributed by atoms with E-state index in [0.29, 0.717) is 12.3 Å². The first-order valence-electron chi connectivity index (χ1n) is 4.72. The van der Waals surface area contributed by atoms with Gasteiger partial charge in [-0.15, -0.1) is 0 Å². The van der Waals surface area contributed by atoms with Gasteiger partial charge >= 0.3 is 6.01 Å². The fourth-order valence-electron chi connectivity index (χ4n) is 0.924. The standard InChI is InChI=1S/C9H15N5O2/c1-14(2)5-6-16-9-11-4-3-7(12-9)8(10)13-15/h3-4,15H,5-6H2,1-2H3,(H2,10,13). The molecule has 7 heteroatoms. The van der Waals surface area contributed by atoms with Crippen LogP contribution in [-0.4, -0.2) is 53.2 Å². The van der Waals surface area contributed by atoms with E-state index >= 15 is 0 Å². The summed E-state index contributed by atoms with van der Waals surface area (Å²) in [7, 11) is 3.88. The maximum atomic E-state index is 8.48. The summed E-state index contributed by atoms with van der Waals surface area (Å²) in [6, 6.07) is 1.75. The molecule has 0 fully saturated rings. The molecular formula is C9H15N5O2. The lowest BCUT2D eigenvalue weighted by molar-refractivity contribution is 0.245. The molecule has 0 aliphatic carbocycles. The van der Waals surface area contributed by atoms with Gasteiger partial charge in [-0.05, 0) is 20.2 Å². The maximum absolute atomic E-state index is 8.48. The maximum Gasteiger partial charge on any atom is 0.317 e. The number of likely N-dealkylation sites (N-methyl/N-ethyl adjacent to an activating group) is 1. The van der Waals surface area contributed by atoms with E-state index in [2.05, 4.69) is 15.1 Å². The van der Waals surface area contributed by atoms with Crippen LogP contribution in [-0.2, 0) is 0 Å². The average Bonchev–Trinajstić information content (AvgIpc) is 2.28. The van der Waals surface area contributed by atoms with Gasteiger partial charge in [-0.3, -0.25) is 0 Å². The summed E-state index contributed by atoms with van der Waals surface area (Å²) in [5.74, 6) is -0.0696. The van der Waals surface area contributed by atoms with E-state index < -0.39 is 0 Å². The molecule has 0 aliphatic heterocycles. The molecule has 0 aliphatic rings. The van der Waals surface area contributed by atoms with Crippen molar-refractivity contribution in [2.24, 2.45) is 10.9 Å². The Morgan fingerprint density at radius 2 is 2.38 bits per heavy atom. The highest BCUT2D eigenvalue weighted by Crippen LogP contribution is 2.02. The fraction of sp³-hybridized carbons (Fsp3) is 0.444. The van der Waals surface area contributed by atoms with Crippen molar-refractivity contribution >= 4 is 5.84 Å². The third kappa shape index (κ3) is 3.70. The van der Waals surface area contributed by atoms with Crippen LogP contribution in [0.15, 0.2) is 17.4 Å². The number of rotatable bonds is 5. The molecule has 0 aromatic carbocycles. The monoisotopic (exact) mass is 225 g/mol. The van der Waals surface area contributed by atoms with Crippen molar-refractivity contribution in [1.82, 2.24) is 14.9 Å². The molecule has 1 heterocycles. The molecule has 3 N–H and O–H groups in total. The van der Waals surface area contributed by atoms with E-state index in [-0.39, 0.29) is 11.8 Å². The summed E-state index contributed by atoms with van der Waals surface area (Å²) in [5, 5.41) is 11.3. The Morgan fingerprint density at radius 3 is 3.00 bits per heavy atom. The largest absolute Gasteiger partial charge is 0.462 e. The highest BCUT2D eigenvalue weighted by molar-refractivity contribution is 5.95. The lowest BCUT2D eigenvalue weighted by Crippen LogP contribution is -2.21. The molecule has 0 unspecified atom stereocenters. The van der Waals surface area contributed by atoms with Gasteiger partial charge < -0.3 is 20.6 Å². The minimum atomic E-state index is -0.0696. The van der Waals surface area contributed by atoms with Crippen LogP contribution >= 0.6 is 0 Å². The van der Waals surface area contributed by atoms with Crippen LogP contribution in [0.2, 0.25) is 0 Å². The Bertz CT molecular complexity index is 367. The summed E-state index contributed by atoms with van der Waals surface area (Å²) >= 11 is 0. The van der Waals surface area contributed by atoms with Gasteiger partial charge in [-0.25, -0.2) is 4.98 Å². The van der Waals surface area contributed by atoms with Gasteiger partial charge in [0.1, 0.15) is 12.3 Å². The van der Waals surface area contributed by atoms with Crippen molar-refractivity contribution in [1.29, 1.82) is 0 Å². The van der Waals surface area contributed by atoms with Crippen LogP contribution < -0.4 is 10.5 Å². The summed E-state index contributed by atoms with van der Waals surface area (Å²) in [4.78, 5) is 9.86. The van der Waals surface area contributed by atoms with Crippen molar-refractivity contribution in [3.8, 4) is 6.01 Å². The summed E-state index contributed by atoms with van der Waals surface area (Å²) < 4.78 is 5.30. The molecule has 0 amide bonds. The molecule has 0 saturated carbocycles. The second-order valence-corrected chi connectivity index (χ2v) is 3.36. The molecule has 1 rings (SSSR count). The van der Waals surface area contributed by atoms with E-state index in [1.165, 1.54) is 12.3 Å². The Labute approximate surface area is 93.6 Å². The van der Waals surface area contributed by atoms with Crippen LogP contribution in [0.4, 0.5) is 0 Å². The second-order valence-electron chi connectivity index (χ2n) is 3.36. The van der Waals surface area contributed by atoms with Crippen LogP contribution in [0, 0.1) is 0 Å². The Hall–Kier alpha value is -1.89. The van der Waals surface area contributed by atoms with Gasteiger partial charge in [-0.1, -0.05) is 5.16 Å². The minimum absolute atomic E-state index is 0.0696. The first-order valence-corrected chi connectivity index (χ1v) is 4.72. The molecule has 0 atom stereocenters. The normalized spacial score (nSPS) is 11.8. The molecule has 88 valence electrons. The van der Waals surface area contributed by atoms with Crippen molar-refractivity contribution < 1.29 is 9.94 Å². The molecular weight excluding hydrogens is 210 g/mol. The number of aromatic nitrogens is 2. The highest BCUT2D eigenvalue weighted by Gasteiger charge is 2.04. The van der Waals surface area contributed by atoms with Crippen LogP contribution in [0.1, 0.15) is 5.69 Å². The van der Waals surface area contributed by atoms with Crippen LogP contribution in [0.3, 0.4) is 0 Å². The van der Waals surface area contributed by atoms with Gasteiger partial charge in [0.05, 0.1) is 0 Å². The fourth-order valence-corrected chi connectivity index (χ4v) is 0.924. The van der Waals surface area contributed by atoms with E-state index in [0.717, 1.165) is 6.54 Å². The molecule has 0 saturated heterocycles. The number of nitrogens with zero attached hydrogens (tertiary/aromatic N) is 4. The van der Waals surface area contributed by atoms with Crippen LogP contribution in [0.25, 0.3) is 0 Å². The van der Waals surface area contributed by atoms with E-state index in [1.54, 1.807) is 0 Å². The zero-order valence-electron chi connectivity index (χ0n) is 9.29. The molecule has 7 nitrogen and oxygen atoms in total. The molecule has 16 heavy (non-hydrogen) atoms. The van der Waals surface area contributed by atoms with E-state index in [1.807, 2.05) is 19.0 Å². The second kappa shape index (κ2) is 5.86. The summed E-state index contributed by atoms with van der Waals surface area (Å²) in [6.07, 6.45) is 1.49. The van der Waals surface area contributed by atoms with Gasteiger partial charge in [0.2, 0.25) is 0 Å².